The summed E-state index contributed by atoms with van der Waals surface area (Å²) in [5.41, 5.74) is 1.06. The number of ether oxygens (including phenoxy) is 1. The van der Waals surface area contributed by atoms with Crippen LogP contribution in [0, 0.1) is 5.92 Å². The van der Waals surface area contributed by atoms with Gasteiger partial charge in [-0.3, -0.25) is 9.48 Å². The van der Waals surface area contributed by atoms with Gasteiger partial charge in [0.15, 0.2) is 0 Å². The zero-order chi connectivity index (χ0) is 16.4. The van der Waals surface area contributed by atoms with Crippen LogP contribution in [0.15, 0.2) is 35.9 Å². The number of carbonyl (C=O) groups excluding carboxylic acids is 1. The Morgan fingerprint density at radius 1 is 1.38 bits per heavy atom. The second kappa shape index (κ2) is 6.91. The number of fused-ring (bicyclic) bond motifs is 1. The Morgan fingerprint density at radius 2 is 2.29 bits per heavy atom. The van der Waals surface area contributed by atoms with Crippen molar-refractivity contribution in [2.45, 2.75) is 32.0 Å². The average molecular weight is 343 g/mol. The highest BCUT2D eigenvalue weighted by molar-refractivity contribution is 7.10. The normalized spacial score (nSPS) is 21.0. The molecule has 1 atom stereocenters. The third kappa shape index (κ3) is 3.76. The number of hydrogen-bond donors (Lipinski definition) is 0. The molecule has 5 nitrogen and oxygen atoms in total. The first kappa shape index (κ1) is 15.6. The second-order valence-electron chi connectivity index (χ2n) is 6.47. The number of carbonyl (C=O) groups is 1. The fraction of sp³-hybridized carbons (Fsp3) is 0.444. The van der Waals surface area contributed by atoms with Gasteiger partial charge in [-0.2, -0.15) is 5.10 Å². The molecule has 1 aliphatic heterocycles. The molecule has 0 spiro atoms. The highest BCUT2D eigenvalue weighted by Crippen LogP contribution is 2.29. The zero-order valence-corrected chi connectivity index (χ0v) is 14.3. The number of hydrogen-bond acceptors (Lipinski definition) is 4. The lowest BCUT2D eigenvalue weighted by atomic mass is 10.3. The summed E-state index contributed by atoms with van der Waals surface area (Å²) >= 11 is 1.63. The Morgan fingerprint density at radius 3 is 3.08 bits per heavy atom. The minimum atomic E-state index is 0.00541. The van der Waals surface area contributed by atoms with Crippen molar-refractivity contribution in [2.24, 2.45) is 5.92 Å². The molecule has 0 saturated heterocycles. The van der Waals surface area contributed by atoms with Gasteiger partial charge < -0.3 is 9.64 Å². The van der Waals surface area contributed by atoms with E-state index >= 15 is 0 Å². The highest BCUT2D eigenvalue weighted by Gasteiger charge is 2.28. The SMILES string of the molecule is O=C(/C=C/c1cccs1)N1Cc2ccnn2CC(OCC2CC2)C1. The van der Waals surface area contributed by atoms with Crippen LogP contribution in [-0.4, -0.2) is 39.8 Å². The molecule has 0 bridgehead atoms. The minimum absolute atomic E-state index is 0.00541. The van der Waals surface area contributed by atoms with Crippen LogP contribution in [0.4, 0.5) is 0 Å². The molecule has 1 aliphatic carbocycles. The van der Waals surface area contributed by atoms with Crippen LogP contribution in [0.1, 0.15) is 23.4 Å². The van der Waals surface area contributed by atoms with Crippen LogP contribution < -0.4 is 0 Å². The van der Waals surface area contributed by atoms with Gasteiger partial charge in [0.05, 0.1) is 24.9 Å². The van der Waals surface area contributed by atoms with Crippen molar-refractivity contribution in [3.8, 4) is 0 Å². The Balaban J connectivity index is 1.46. The van der Waals surface area contributed by atoms with Gasteiger partial charge in [0.2, 0.25) is 5.91 Å². The van der Waals surface area contributed by atoms with Crippen molar-refractivity contribution >= 4 is 23.3 Å². The smallest absolute Gasteiger partial charge is 0.247 e. The van der Waals surface area contributed by atoms with E-state index in [2.05, 4.69) is 5.10 Å². The molecule has 2 aromatic heterocycles. The van der Waals surface area contributed by atoms with Gasteiger partial charge in [0.25, 0.3) is 0 Å². The van der Waals surface area contributed by atoms with Gasteiger partial charge in [0, 0.05) is 30.3 Å². The summed E-state index contributed by atoms with van der Waals surface area (Å²) in [7, 11) is 0. The number of nitrogens with zero attached hydrogens (tertiary/aromatic N) is 3. The molecule has 1 amide bonds. The molecule has 126 valence electrons. The topological polar surface area (TPSA) is 47.4 Å². The molecule has 0 N–H and O–H groups in total. The maximum atomic E-state index is 12.6. The van der Waals surface area contributed by atoms with Crippen molar-refractivity contribution in [1.29, 1.82) is 0 Å². The second-order valence-corrected chi connectivity index (χ2v) is 7.45. The molecule has 24 heavy (non-hydrogen) atoms. The monoisotopic (exact) mass is 343 g/mol. The van der Waals surface area contributed by atoms with Gasteiger partial charge in [0.1, 0.15) is 0 Å². The summed E-state index contributed by atoms with van der Waals surface area (Å²) in [6, 6.07) is 5.97. The fourth-order valence-corrected chi connectivity index (χ4v) is 3.51. The van der Waals surface area contributed by atoms with Crippen LogP contribution in [0.5, 0.6) is 0 Å². The van der Waals surface area contributed by atoms with Gasteiger partial charge in [-0.25, -0.2) is 0 Å². The van der Waals surface area contributed by atoms with Crippen molar-refractivity contribution in [3.05, 3.63) is 46.4 Å². The Labute approximate surface area is 145 Å². The summed E-state index contributed by atoms with van der Waals surface area (Å²) in [5.74, 6) is 0.742. The summed E-state index contributed by atoms with van der Waals surface area (Å²) in [5, 5.41) is 6.38. The summed E-state index contributed by atoms with van der Waals surface area (Å²) in [6.07, 6.45) is 7.89. The van der Waals surface area contributed by atoms with Crippen LogP contribution >= 0.6 is 11.3 Å². The molecule has 4 rings (SSSR count). The maximum Gasteiger partial charge on any atom is 0.247 e. The molecular formula is C18H21N3O2S. The molecule has 0 radical (unpaired) electrons. The van der Waals surface area contributed by atoms with E-state index in [9.17, 15) is 4.79 Å². The molecule has 1 unspecified atom stereocenters. The third-order valence-electron chi connectivity index (χ3n) is 4.47. The van der Waals surface area contributed by atoms with Crippen molar-refractivity contribution < 1.29 is 9.53 Å². The van der Waals surface area contributed by atoms with E-state index in [4.69, 9.17) is 4.74 Å². The number of aromatic nitrogens is 2. The quantitative estimate of drug-likeness (QED) is 0.785. The van der Waals surface area contributed by atoms with Gasteiger partial charge in [-0.15, -0.1) is 11.3 Å². The highest BCUT2D eigenvalue weighted by atomic mass is 32.1. The van der Waals surface area contributed by atoms with Gasteiger partial charge >= 0.3 is 0 Å². The van der Waals surface area contributed by atoms with Crippen molar-refractivity contribution in [2.75, 3.05) is 13.2 Å². The molecule has 6 heteroatoms. The van der Waals surface area contributed by atoms with E-state index in [0.29, 0.717) is 25.6 Å². The van der Waals surface area contributed by atoms with Gasteiger partial charge in [-0.05, 0) is 42.3 Å². The van der Waals surface area contributed by atoms with Crippen LogP contribution in [0.2, 0.25) is 0 Å². The summed E-state index contributed by atoms with van der Waals surface area (Å²) in [6.45, 7) is 2.71. The number of amides is 1. The Hall–Kier alpha value is -1.92. The standard InChI is InChI=1S/C18H21N3O2S/c22-18(6-5-17-2-1-9-24-17)20-10-15-7-8-19-21(15)12-16(11-20)23-13-14-3-4-14/h1-2,5-9,14,16H,3-4,10-13H2/b6-5+. The third-order valence-corrected chi connectivity index (χ3v) is 5.31. The first-order valence-corrected chi connectivity index (χ1v) is 9.28. The number of thiophene rings is 1. The molecule has 2 aliphatic rings. The van der Waals surface area contributed by atoms with Crippen LogP contribution in [-0.2, 0) is 22.6 Å². The lowest BCUT2D eigenvalue weighted by molar-refractivity contribution is -0.128. The molecular weight excluding hydrogens is 322 g/mol. The Bertz CT molecular complexity index is 718. The van der Waals surface area contributed by atoms with Crippen LogP contribution in [0.3, 0.4) is 0 Å². The molecule has 3 heterocycles. The first-order valence-electron chi connectivity index (χ1n) is 8.41. The molecule has 1 saturated carbocycles. The fourth-order valence-electron chi connectivity index (χ4n) is 2.89. The predicted octanol–water partition coefficient (Wildman–Crippen LogP) is 2.80. The van der Waals surface area contributed by atoms with E-state index in [1.165, 1.54) is 12.8 Å². The maximum absolute atomic E-state index is 12.6. The first-order chi connectivity index (χ1) is 11.8. The average Bonchev–Trinajstić information content (AvgIpc) is 3.14. The largest absolute Gasteiger partial charge is 0.374 e. The minimum Gasteiger partial charge on any atom is -0.374 e. The van der Waals surface area contributed by atoms with Crippen LogP contribution in [0.25, 0.3) is 6.08 Å². The summed E-state index contributed by atoms with van der Waals surface area (Å²) < 4.78 is 8.03. The van der Waals surface area contributed by atoms with Gasteiger partial charge in [-0.1, -0.05) is 6.07 Å². The van der Waals surface area contributed by atoms with Crippen molar-refractivity contribution in [3.63, 3.8) is 0 Å². The number of rotatable bonds is 5. The molecule has 2 aromatic rings. The summed E-state index contributed by atoms with van der Waals surface area (Å²) in [4.78, 5) is 15.6. The lowest BCUT2D eigenvalue weighted by Crippen LogP contribution is -2.36. The molecule has 0 aromatic carbocycles. The predicted molar refractivity (Wildman–Crippen MR) is 93.5 cm³/mol. The van der Waals surface area contributed by atoms with E-state index in [1.807, 2.05) is 39.2 Å². The molecule has 1 fully saturated rings. The lowest BCUT2D eigenvalue weighted by Gasteiger charge is -2.23. The van der Waals surface area contributed by atoms with E-state index in [-0.39, 0.29) is 12.0 Å². The van der Waals surface area contributed by atoms with Crippen molar-refractivity contribution in [1.82, 2.24) is 14.7 Å². The van der Waals surface area contributed by atoms with E-state index in [1.54, 1.807) is 23.6 Å². The zero-order valence-electron chi connectivity index (χ0n) is 13.5. The van der Waals surface area contributed by atoms with E-state index in [0.717, 1.165) is 17.2 Å². The Kier molecular flexibility index (Phi) is 4.49. The van der Waals surface area contributed by atoms with E-state index < -0.39 is 0 Å².